The zero-order valence-electron chi connectivity index (χ0n) is 15.0. The van der Waals surface area contributed by atoms with Gasteiger partial charge in [-0.2, -0.15) is 0 Å². The second-order valence-corrected chi connectivity index (χ2v) is 6.44. The van der Waals surface area contributed by atoms with E-state index in [0.717, 1.165) is 43.6 Å². The molecule has 0 aliphatic carbocycles. The Labute approximate surface area is 150 Å². The number of H-pyrrole nitrogens is 1. The first kappa shape index (κ1) is 16.9. The molecule has 0 amide bonds. The summed E-state index contributed by atoms with van der Waals surface area (Å²) in [6, 6.07) is 3.69. The topological polar surface area (TPSA) is 84.4 Å². The number of methoxy groups -OCH3 is 2. The standard InChI is InChI=1S/C18H23N5O3/c1-25-14-9-12-13(10-15(14)26-2)21-17-16(12)20-11-23(18(17)24)8-7-22-5-3-19-4-6-22/h9-11,19,21H,3-8H2,1-2H3. The van der Waals surface area contributed by atoms with Gasteiger partial charge in [0.1, 0.15) is 11.0 Å². The van der Waals surface area contributed by atoms with E-state index in [-0.39, 0.29) is 5.56 Å². The zero-order valence-corrected chi connectivity index (χ0v) is 15.0. The van der Waals surface area contributed by atoms with Gasteiger partial charge in [-0.25, -0.2) is 4.98 Å². The van der Waals surface area contributed by atoms with Gasteiger partial charge in [0.05, 0.1) is 26.1 Å². The fourth-order valence-corrected chi connectivity index (χ4v) is 3.46. The van der Waals surface area contributed by atoms with Crippen molar-refractivity contribution in [1.29, 1.82) is 0 Å². The maximum atomic E-state index is 12.9. The Morgan fingerprint density at radius 1 is 1.12 bits per heavy atom. The summed E-state index contributed by atoms with van der Waals surface area (Å²) in [4.78, 5) is 23.0. The molecule has 1 aromatic carbocycles. The Hall–Kier alpha value is -2.58. The minimum Gasteiger partial charge on any atom is -0.493 e. The van der Waals surface area contributed by atoms with E-state index in [0.29, 0.717) is 29.1 Å². The highest BCUT2D eigenvalue weighted by atomic mass is 16.5. The molecule has 0 bridgehead atoms. The molecule has 1 aliphatic rings. The van der Waals surface area contributed by atoms with Crippen LogP contribution in [0.4, 0.5) is 0 Å². The normalized spacial score (nSPS) is 15.6. The third-order valence-corrected chi connectivity index (χ3v) is 4.94. The molecule has 1 aliphatic heterocycles. The van der Waals surface area contributed by atoms with Gasteiger partial charge in [-0.3, -0.25) is 14.3 Å². The van der Waals surface area contributed by atoms with Crippen molar-refractivity contribution in [2.45, 2.75) is 6.54 Å². The minimum atomic E-state index is -0.0562. The van der Waals surface area contributed by atoms with Crippen LogP contribution in [0.1, 0.15) is 0 Å². The van der Waals surface area contributed by atoms with E-state index in [4.69, 9.17) is 9.47 Å². The van der Waals surface area contributed by atoms with Crippen LogP contribution in [0.2, 0.25) is 0 Å². The number of ether oxygens (including phenoxy) is 2. The molecule has 0 spiro atoms. The maximum Gasteiger partial charge on any atom is 0.277 e. The number of hydrogen-bond acceptors (Lipinski definition) is 6. The second-order valence-electron chi connectivity index (χ2n) is 6.44. The van der Waals surface area contributed by atoms with Gasteiger partial charge in [-0.1, -0.05) is 0 Å². The highest BCUT2D eigenvalue weighted by Gasteiger charge is 2.15. The highest BCUT2D eigenvalue weighted by molar-refractivity contribution is 6.05. The van der Waals surface area contributed by atoms with Crippen LogP contribution in [0.5, 0.6) is 11.5 Å². The SMILES string of the molecule is COc1cc2[nH]c3c(=O)n(CCN4CCNCC4)cnc3c2cc1OC. The van der Waals surface area contributed by atoms with Gasteiger partial charge in [0.15, 0.2) is 11.5 Å². The molecule has 8 heteroatoms. The average molecular weight is 357 g/mol. The first-order chi connectivity index (χ1) is 12.7. The Morgan fingerprint density at radius 2 is 1.85 bits per heavy atom. The van der Waals surface area contributed by atoms with Crippen LogP contribution in [-0.4, -0.2) is 66.4 Å². The van der Waals surface area contributed by atoms with Crippen molar-refractivity contribution in [2.24, 2.45) is 0 Å². The molecule has 1 fully saturated rings. The van der Waals surface area contributed by atoms with E-state index >= 15 is 0 Å². The van der Waals surface area contributed by atoms with E-state index in [2.05, 4.69) is 20.2 Å². The lowest BCUT2D eigenvalue weighted by atomic mass is 10.2. The van der Waals surface area contributed by atoms with Crippen LogP contribution in [0.3, 0.4) is 0 Å². The van der Waals surface area contributed by atoms with Crippen LogP contribution in [-0.2, 0) is 6.54 Å². The molecule has 26 heavy (non-hydrogen) atoms. The van der Waals surface area contributed by atoms with Gasteiger partial charge in [-0.15, -0.1) is 0 Å². The van der Waals surface area contributed by atoms with Gasteiger partial charge >= 0.3 is 0 Å². The molecule has 3 heterocycles. The summed E-state index contributed by atoms with van der Waals surface area (Å²) in [6.45, 7) is 5.49. The quantitative estimate of drug-likeness (QED) is 0.703. The van der Waals surface area contributed by atoms with Gasteiger partial charge in [0, 0.05) is 50.7 Å². The molecular formula is C18H23N5O3. The van der Waals surface area contributed by atoms with E-state index in [1.54, 1.807) is 25.1 Å². The van der Waals surface area contributed by atoms with Crippen LogP contribution >= 0.6 is 0 Å². The number of nitrogens with one attached hydrogen (secondary N) is 2. The van der Waals surface area contributed by atoms with Crippen molar-refractivity contribution in [3.05, 3.63) is 28.8 Å². The van der Waals surface area contributed by atoms with Gasteiger partial charge in [0.2, 0.25) is 0 Å². The number of rotatable bonds is 5. The summed E-state index contributed by atoms with van der Waals surface area (Å²) in [7, 11) is 3.18. The van der Waals surface area contributed by atoms with Gasteiger partial charge in [0.25, 0.3) is 5.56 Å². The maximum absolute atomic E-state index is 12.9. The Morgan fingerprint density at radius 3 is 2.58 bits per heavy atom. The van der Waals surface area contributed by atoms with Crippen LogP contribution in [0, 0.1) is 0 Å². The summed E-state index contributed by atoms with van der Waals surface area (Å²) >= 11 is 0. The largest absolute Gasteiger partial charge is 0.493 e. The van der Waals surface area contributed by atoms with E-state index < -0.39 is 0 Å². The van der Waals surface area contributed by atoms with Crippen molar-refractivity contribution in [1.82, 2.24) is 24.8 Å². The first-order valence-electron chi connectivity index (χ1n) is 8.77. The summed E-state index contributed by atoms with van der Waals surface area (Å²) in [6.07, 6.45) is 1.64. The molecular weight excluding hydrogens is 334 g/mol. The number of fused-ring (bicyclic) bond motifs is 3. The molecule has 3 aromatic rings. The fourth-order valence-electron chi connectivity index (χ4n) is 3.46. The van der Waals surface area contributed by atoms with E-state index in [1.807, 2.05) is 12.1 Å². The predicted octanol–water partition coefficient (Wildman–Crippen LogP) is 0.800. The molecule has 0 atom stereocenters. The molecule has 8 nitrogen and oxygen atoms in total. The average Bonchev–Trinajstić information content (AvgIpc) is 3.05. The van der Waals surface area contributed by atoms with Crippen LogP contribution in [0.15, 0.2) is 23.3 Å². The summed E-state index contributed by atoms with van der Waals surface area (Å²) in [5, 5.41) is 4.18. The third-order valence-electron chi connectivity index (χ3n) is 4.94. The van der Waals surface area contributed by atoms with Crippen molar-refractivity contribution in [2.75, 3.05) is 46.9 Å². The molecule has 2 aromatic heterocycles. The summed E-state index contributed by atoms with van der Waals surface area (Å²) < 4.78 is 12.4. The molecule has 138 valence electrons. The van der Waals surface area contributed by atoms with Crippen LogP contribution < -0.4 is 20.3 Å². The molecule has 4 rings (SSSR count). The number of aromatic amines is 1. The fraction of sp³-hybridized carbons (Fsp3) is 0.444. The van der Waals surface area contributed by atoms with Crippen molar-refractivity contribution in [3.8, 4) is 11.5 Å². The predicted molar refractivity (Wildman–Crippen MR) is 100 cm³/mol. The number of nitrogens with zero attached hydrogens (tertiary/aromatic N) is 3. The van der Waals surface area contributed by atoms with Gasteiger partial charge < -0.3 is 19.8 Å². The Kier molecular flexibility index (Phi) is 4.52. The summed E-state index contributed by atoms with van der Waals surface area (Å²) in [5.41, 5.74) is 1.92. The van der Waals surface area contributed by atoms with E-state index in [9.17, 15) is 4.79 Å². The molecule has 1 saturated heterocycles. The lowest BCUT2D eigenvalue weighted by Crippen LogP contribution is -2.45. The first-order valence-corrected chi connectivity index (χ1v) is 8.77. The zero-order chi connectivity index (χ0) is 18.1. The number of piperazine rings is 1. The number of benzene rings is 1. The molecule has 0 radical (unpaired) electrons. The van der Waals surface area contributed by atoms with Crippen molar-refractivity contribution >= 4 is 21.9 Å². The lowest BCUT2D eigenvalue weighted by molar-refractivity contribution is 0.231. The smallest absolute Gasteiger partial charge is 0.277 e. The molecule has 2 N–H and O–H groups in total. The Balaban J connectivity index is 1.70. The van der Waals surface area contributed by atoms with Crippen LogP contribution in [0.25, 0.3) is 21.9 Å². The monoisotopic (exact) mass is 357 g/mol. The number of aromatic nitrogens is 3. The molecule has 0 saturated carbocycles. The van der Waals surface area contributed by atoms with E-state index in [1.165, 1.54) is 0 Å². The third kappa shape index (κ3) is 2.91. The van der Waals surface area contributed by atoms with Gasteiger partial charge in [-0.05, 0) is 6.07 Å². The summed E-state index contributed by atoms with van der Waals surface area (Å²) in [5.74, 6) is 1.23. The minimum absolute atomic E-state index is 0.0562. The van der Waals surface area contributed by atoms with Crippen molar-refractivity contribution in [3.63, 3.8) is 0 Å². The number of hydrogen-bond donors (Lipinski definition) is 2. The highest BCUT2D eigenvalue weighted by Crippen LogP contribution is 2.34. The van der Waals surface area contributed by atoms with Crippen molar-refractivity contribution < 1.29 is 9.47 Å². The second kappa shape index (κ2) is 6.97. The lowest BCUT2D eigenvalue weighted by Gasteiger charge is -2.27. The Bertz CT molecular complexity index is 988. The molecule has 0 unspecified atom stereocenters.